The molecule has 1 aliphatic rings. The van der Waals surface area contributed by atoms with E-state index in [-0.39, 0.29) is 11.4 Å². The molecular weight excluding hydrogens is 298 g/mol. The number of likely N-dealkylation sites (N-methyl/N-ethyl adjacent to an activating group) is 1. The van der Waals surface area contributed by atoms with Crippen LogP contribution in [0.5, 0.6) is 0 Å². The molecule has 5 heteroatoms. The van der Waals surface area contributed by atoms with Crippen LogP contribution in [-0.2, 0) is 4.74 Å². The smallest absolute Gasteiger partial charge is 0.224 e. The van der Waals surface area contributed by atoms with Crippen LogP contribution in [0.3, 0.4) is 0 Å². The molecule has 0 amide bonds. The average molecular weight is 318 g/mol. The molecule has 0 saturated carbocycles. The van der Waals surface area contributed by atoms with Gasteiger partial charge in [-0.05, 0) is 31.4 Å². The van der Waals surface area contributed by atoms with Gasteiger partial charge >= 0.3 is 0 Å². The first kappa shape index (κ1) is 15.3. The van der Waals surface area contributed by atoms with Crippen LogP contribution in [-0.4, -0.2) is 35.8 Å². The first-order valence-electron chi connectivity index (χ1n) is 7.58. The minimum absolute atomic E-state index is 0.258. The van der Waals surface area contributed by atoms with Crippen molar-refractivity contribution in [3.05, 3.63) is 41.7 Å². The SMILES string of the molecule is CC1CCC(CN(C)c2cc(-c3ccccc3)nc(Cl)n2)O1. The van der Waals surface area contributed by atoms with Crippen molar-refractivity contribution in [1.82, 2.24) is 9.97 Å². The Hall–Kier alpha value is -1.65. The summed E-state index contributed by atoms with van der Waals surface area (Å²) in [5.74, 6) is 0.821. The molecule has 2 atom stereocenters. The monoisotopic (exact) mass is 317 g/mol. The standard InChI is InChI=1S/C17H20ClN3O/c1-12-8-9-14(22-12)11-21(2)16-10-15(19-17(18)20-16)13-6-4-3-5-7-13/h3-7,10,12,14H,8-9,11H2,1-2H3. The summed E-state index contributed by atoms with van der Waals surface area (Å²) in [6.45, 7) is 2.93. The molecular formula is C17H20ClN3O. The fourth-order valence-corrected chi connectivity index (χ4v) is 2.95. The van der Waals surface area contributed by atoms with Gasteiger partial charge in [-0.15, -0.1) is 0 Å². The lowest BCUT2D eigenvalue weighted by molar-refractivity contribution is 0.0606. The van der Waals surface area contributed by atoms with Gasteiger partial charge in [0, 0.05) is 25.2 Å². The van der Waals surface area contributed by atoms with Crippen LogP contribution in [0.2, 0.25) is 5.28 Å². The largest absolute Gasteiger partial charge is 0.373 e. The number of hydrogen-bond donors (Lipinski definition) is 0. The van der Waals surface area contributed by atoms with Crippen LogP contribution >= 0.6 is 11.6 Å². The highest BCUT2D eigenvalue weighted by atomic mass is 35.5. The molecule has 0 bridgehead atoms. The number of anilines is 1. The quantitative estimate of drug-likeness (QED) is 0.804. The Labute approximate surface area is 136 Å². The highest BCUT2D eigenvalue weighted by Crippen LogP contribution is 2.25. The minimum atomic E-state index is 0.258. The molecule has 22 heavy (non-hydrogen) atoms. The average Bonchev–Trinajstić information content (AvgIpc) is 2.92. The van der Waals surface area contributed by atoms with Gasteiger partial charge in [0.05, 0.1) is 17.9 Å². The Morgan fingerprint density at radius 3 is 2.68 bits per heavy atom. The topological polar surface area (TPSA) is 38.2 Å². The number of halogens is 1. The van der Waals surface area contributed by atoms with Gasteiger partial charge in [-0.25, -0.2) is 9.97 Å². The second kappa shape index (κ2) is 6.63. The van der Waals surface area contributed by atoms with Gasteiger partial charge in [-0.2, -0.15) is 0 Å². The highest BCUT2D eigenvalue weighted by molar-refractivity contribution is 6.28. The number of benzene rings is 1. The maximum atomic E-state index is 6.10. The number of hydrogen-bond acceptors (Lipinski definition) is 4. The van der Waals surface area contributed by atoms with Crippen molar-refractivity contribution in [3.8, 4) is 11.3 Å². The van der Waals surface area contributed by atoms with Crippen molar-refractivity contribution in [1.29, 1.82) is 0 Å². The lowest BCUT2D eigenvalue weighted by atomic mass is 10.1. The molecule has 0 radical (unpaired) electrons. The summed E-state index contributed by atoms with van der Waals surface area (Å²) < 4.78 is 5.88. The van der Waals surface area contributed by atoms with E-state index >= 15 is 0 Å². The van der Waals surface area contributed by atoms with Gasteiger partial charge in [0.25, 0.3) is 0 Å². The molecule has 2 aromatic rings. The van der Waals surface area contributed by atoms with E-state index in [0.717, 1.165) is 36.5 Å². The summed E-state index contributed by atoms with van der Waals surface area (Å²) in [5, 5.41) is 0.268. The molecule has 1 aromatic carbocycles. The number of nitrogens with zero attached hydrogens (tertiary/aromatic N) is 3. The van der Waals surface area contributed by atoms with Gasteiger partial charge in [-0.1, -0.05) is 30.3 Å². The lowest BCUT2D eigenvalue weighted by Crippen LogP contribution is -2.29. The van der Waals surface area contributed by atoms with Crippen LogP contribution in [0.4, 0.5) is 5.82 Å². The third-order valence-corrected chi connectivity index (χ3v) is 4.11. The lowest BCUT2D eigenvalue weighted by Gasteiger charge is -2.22. The van der Waals surface area contributed by atoms with Gasteiger partial charge in [-0.3, -0.25) is 0 Å². The van der Waals surface area contributed by atoms with E-state index in [1.807, 2.05) is 43.4 Å². The van der Waals surface area contributed by atoms with Gasteiger partial charge < -0.3 is 9.64 Å². The van der Waals surface area contributed by atoms with Crippen molar-refractivity contribution in [2.45, 2.75) is 32.0 Å². The molecule has 116 valence electrons. The van der Waals surface area contributed by atoms with E-state index in [1.165, 1.54) is 0 Å². The zero-order valence-corrected chi connectivity index (χ0v) is 13.6. The first-order valence-corrected chi connectivity index (χ1v) is 7.96. The summed E-state index contributed by atoms with van der Waals surface area (Å²) in [5.41, 5.74) is 1.87. The van der Waals surface area contributed by atoms with E-state index in [1.54, 1.807) is 0 Å². The molecule has 2 heterocycles. The van der Waals surface area contributed by atoms with Crippen molar-refractivity contribution >= 4 is 17.4 Å². The van der Waals surface area contributed by atoms with E-state index in [2.05, 4.69) is 21.8 Å². The van der Waals surface area contributed by atoms with Crippen LogP contribution < -0.4 is 4.90 Å². The molecule has 4 nitrogen and oxygen atoms in total. The molecule has 3 rings (SSSR count). The third-order valence-electron chi connectivity index (χ3n) is 3.94. The van der Waals surface area contributed by atoms with Crippen molar-refractivity contribution in [3.63, 3.8) is 0 Å². The van der Waals surface area contributed by atoms with E-state index in [9.17, 15) is 0 Å². The Balaban J connectivity index is 1.80. The third kappa shape index (κ3) is 3.57. The van der Waals surface area contributed by atoms with Crippen molar-refractivity contribution < 1.29 is 4.74 Å². The van der Waals surface area contributed by atoms with Gasteiger partial charge in [0.15, 0.2) is 0 Å². The molecule has 2 unspecified atom stereocenters. The van der Waals surface area contributed by atoms with E-state index in [4.69, 9.17) is 16.3 Å². The maximum absolute atomic E-state index is 6.10. The predicted molar refractivity (Wildman–Crippen MR) is 89.3 cm³/mol. The summed E-state index contributed by atoms with van der Waals surface area (Å²) in [7, 11) is 2.01. The summed E-state index contributed by atoms with van der Waals surface area (Å²) in [6, 6.07) is 12.0. The Morgan fingerprint density at radius 2 is 2.00 bits per heavy atom. The van der Waals surface area contributed by atoms with Crippen LogP contribution in [0.15, 0.2) is 36.4 Å². The molecule has 1 aliphatic heterocycles. The number of rotatable bonds is 4. The fraction of sp³-hybridized carbons (Fsp3) is 0.412. The Morgan fingerprint density at radius 1 is 1.23 bits per heavy atom. The van der Waals surface area contributed by atoms with Crippen LogP contribution in [0.25, 0.3) is 11.3 Å². The molecule has 0 aliphatic carbocycles. The Kier molecular flexibility index (Phi) is 4.60. The van der Waals surface area contributed by atoms with Crippen molar-refractivity contribution in [2.75, 3.05) is 18.5 Å². The maximum Gasteiger partial charge on any atom is 0.224 e. The molecule has 1 aromatic heterocycles. The summed E-state index contributed by atoms with van der Waals surface area (Å²) in [6.07, 6.45) is 2.83. The second-order valence-electron chi connectivity index (χ2n) is 5.77. The van der Waals surface area contributed by atoms with Gasteiger partial charge in [0.2, 0.25) is 5.28 Å². The zero-order chi connectivity index (χ0) is 15.5. The number of ether oxygens (including phenoxy) is 1. The minimum Gasteiger partial charge on any atom is -0.373 e. The predicted octanol–water partition coefficient (Wildman–Crippen LogP) is 3.80. The normalized spacial score (nSPS) is 21.0. The first-order chi connectivity index (χ1) is 10.6. The fourth-order valence-electron chi connectivity index (χ4n) is 2.78. The molecule has 1 saturated heterocycles. The molecule has 0 N–H and O–H groups in total. The highest BCUT2D eigenvalue weighted by Gasteiger charge is 2.23. The van der Waals surface area contributed by atoms with Crippen LogP contribution in [0.1, 0.15) is 19.8 Å². The number of aromatic nitrogens is 2. The van der Waals surface area contributed by atoms with Gasteiger partial charge in [0.1, 0.15) is 5.82 Å². The Bertz CT molecular complexity index is 635. The molecule has 1 fully saturated rings. The summed E-state index contributed by atoms with van der Waals surface area (Å²) >= 11 is 6.10. The molecule has 0 spiro atoms. The van der Waals surface area contributed by atoms with E-state index < -0.39 is 0 Å². The van der Waals surface area contributed by atoms with Crippen molar-refractivity contribution in [2.24, 2.45) is 0 Å². The summed E-state index contributed by atoms with van der Waals surface area (Å²) in [4.78, 5) is 10.8. The van der Waals surface area contributed by atoms with Crippen LogP contribution in [0, 0.1) is 0 Å². The second-order valence-corrected chi connectivity index (χ2v) is 6.11. The van der Waals surface area contributed by atoms with E-state index in [0.29, 0.717) is 6.10 Å². The zero-order valence-electron chi connectivity index (χ0n) is 12.9.